The van der Waals surface area contributed by atoms with E-state index >= 15 is 0 Å². The topological polar surface area (TPSA) is 62.2 Å². The van der Waals surface area contributed by atoms with Crippen LogP contribution in [0.15, 0.2) is 60.8 Å². The summed E-state index contributed by atoms with van der Waals surface area (Å²) in [5, 5.41) is 12.7. The van der Waals surface area contributed by atoms with Crippen molar-refractivity contribution in [3.8, 4) is 11.3 Å². The number of aliphatic hydroxyl groups excluding tert-OH is 1. The maximum Gasteiger partial charge on any atom is 0.253 e. The summed E-state index contributed by atoms with van der Waals surface area (Å²) in [6.07, 6.45) is 0.113. The van der Waals surface area contributed by atoms with E-state index in [0.717, 1.165) is 0 Å². The Hall–Kier alpha value is -2.83. The maximum atomic E-state index is 13.6. The van der Waals surface area contributed by atoms with Crippen LogP contribution in [-0.4, -0.2) is 22.5 Å². The van der Waals surface area contributed by atoms with E-state index in [4.69, 9.17) is 11.6 Å². The third-order valence-corrected chi connectivity index (χ3v) is 4.21. The molecular formula is C20H15ClF2N2O2. The monoisotopic (exact) mass is 388 g/mol. The number of carbonyl (C=O) groups is 1. The number of nitrogens with zero attached hydrogens (tertiary/aromatic N) is 1. The minimum atomic E-state index is -1.19. The number of nitrogens with one attached hydrogen (secondary N) is 1. The number of benzene rings is 2. The average molecular weight is 389 g/mol. The van der Waals surface area contributed by atoms with Gasteiger partial charge in [-0.25, -0.2) is 8.78 Å². The van der Waals surface area contributed by atoms with Crippen molar-refractivity contribution in [2.24, 2.45) is 0 Å². The Morgan fingerprint density at radius 1 is 1.15 bits per heavy atom. The normalized spacial score (nSPS) is 11.9. The summed E-state index contributed by atoms with van der Waals surface area (Å²) in [4.78, 5) is 16.4. The van der Waals surface area contributed by atoms with Gasteiger partial charge in [-0.15, -0.1) is 0 Å². The second-order valence-corrected chi connectivity index (χ2v) is 6.22. The highest BCUT2D eigenvalue weighted by Crippen LogP contribution is 2.27. The van der Waals surface area contributed by atoms with Gasteiger partial charge in [-0.3, -0.25) is 9.78 Å². The summed E-state index contributed by atoms with van der Waals surface area (Å²) in [6.45, 7) is -0.178. The van der Waals surface area contributed by atoms with Gasteiger partial charge < -0.3 is 10.4 Å². The van der Waals surface area contributed by atoms with Crippen LogP contribution in [0.25, 0.3) is 11.3 Å². The van der Waals surface area contributed by atoms with Crippen LogP contribution in [0.2, 0.25) is 5.02 Å². The van der Waals surface area contributed by atoms with Crippen molar-refractivity contribution in [1.82, 2.24) is 10.3 Å². The van der Waals surface area contributed by atoms with E-state index in [-0.39, 0.29) is 22.7 Å². The van der Waals surface area contributed by atoms with Gasteiger partial charge in [0.1, 0.15) is 11.6 Å². The first-order chi connectivity index (χ1) is 13.0. The highest BCUT2D eigenvalue weighted by molar-refractivity contribution is 6.33. The fourth-order valence-corrected chi connectivity index (χ4v) is 2.83. The fraction of sp³-hybridized carbons (Fsp3) is 0.100. The second kappa shape index (κ2) is 8.24. The molecule has 0 bridgehead atoms. The Balaban J connectivity index is 1.70. The number of carbonyl (C=O) groups excluding carboxylic acids is 1. The largest absolute Gasteiger partial charge is 0.386 e. The summed E-state index contributed by atoms with van der Waals surface area (Å²) >= 11 is 6.18. The minimum absolute atomic E-state index is 0.0930. The van der Waals surface area contributed by atoms with Gasteiger partial charge in [-0.1, -0.05) is 41.9 Å². The van der Waals surface area contributed by atoms with Crippen molar-refractivity contribution in [3.63, 3.8) is 0 Å². The lowest BCUT2D eigenvalue weighted by atomic mass is 10.1. The second-order valence-electron chi connectivity index (χ2n) is 5.81. The first-order valence-corrected chi connectivity index (χ1v) is 8.45. The van der Waals surface area contributed by atoms with Gasteiger partial charge in [0, 0.05) is 23.9 Å². The van der Waals surface area contributed by atoms with Crippen LogP contribution in [0.5, 0.6) is 0 Å². The molecule has 138 valence electrons. The molecule has 1 amide bonds. The number of hydrogen-bond acceptors (Lipinski definition) is 3. The summed E-state index contributed by atoms with van der Waals surface area (Å²) in [6, 6.07) is 13.0. The van der Waals surface area contributed by atoms with E-state index in [1.807, 2.05) is 0 Å². The van der Waals surface area contributed by atoms with Crippen molar-refractivity contribution in [2.75, 3.05) is 6.54 Å². The lowest BCUT2D eigenvalue weighted by Gasteiger charge is -2.13. The minimum Gasteiger partial charge on any atom is -0.386 e. The summed E-state index contributed by atoms with van der Waals surface area (Å²) in [7, 11) is 0. The number of amides is 1. The van der Waals surface area contributed by atoms with Gasteiger partial charge in [0.15, 0.2) is 0 Å². The third-order valence-electron chi connectivity index (χ3n) is 3.92. The predicted octanol–water partition coefficient (Wildman–Crippen LogP) is 4.14. The van der Waals surface area contributed by atoms with Crippen molar-refractivity contribution >= 4 is 17.5 Å². The van der Waals surface area contributed by atoms with Crippen LogP contribution >= 0.6 is 11.6 Å². The predicted molar refractivity (Wildman–Crippen MR) is 98.3 cm³/mol. The summed E-state index contributed by atoms with van der Waals surface area (Å²) < 4.78 is 27.0. The molecule has 0 fully saturated rings. The zero-order valence-electron chi connectivity index (χ0n) is 14.0. The van der Waals surface area contributed by atoms with E-state index in [1.165, 1.54) is 48.7 Å². The fourth-order valence-electron chi connectivity index (χ4n) is 2.56. The molecule has 1 aromatic heterocycles. The molecule has 3 rings (SSSR count). The Morgan fingerprint density at radius 3 is 2.63 bits per heavy atom. The van der Waals surface area contributed by atoms with Crippen molar-refractivity contribution in [1.29, 1.82) is 0 Å². The lowest BCUT2D eigenvalue weighted by Crippen LogP contribution is -2.28. The molecule has 0 aliphatic heterocycles. The van der Waals surface area contributed by atoms with Crippen molar-refractivity contribution in [2.45, 2.75) is 6.10 Å². The number of hydrogen-bond donors (Lipinski definition) is 2. The molecule has 0 aliphatic rings. The van der Waals surface area contributed by atoms with Crippen LogP contribution in [0.3, 0.4) is 0 Å². The van der Waals surface area contributed by atoms with Gasteiger partial charge in [0.05, 0.1) is 22.4 Å². The van der Waals surface area contributed by atoms with Gasteiger partial charge in [-0.05, 0) is 24.3 Å². The highest BCUT2D eigenvalue weighted by atomic mass is 35.5. The lowest BCUT2D eigenvalue weighted by molar-refractivity contribution is 0.0913. The average Bonchev–Trinajstić information content (AvgIpc) is 2.66. The van der Waals surface area contributed by atoms with Crippen LogP contribution in [0, 0.1) is 11.6 Å². The Labute approximate surface area is 159 Å². The molecular weight excluding hydrogens is 374 g/mol. The van der Waals surface area contributed by atoms with Crippen LogP contribution < -0.4 is 5.32 Å². The Morgan fingerprint density at radius 2 is 1.93 bits per heavy atom. The quantitative estimate of drug-likeness (QED) is 0.690. The molecule has 7 heteroatoms. The van der Waals surface area contributed by atoms with E-state index in [0.29, 0.717) is 11.3 Å². The van der Waals surface area contributed by atoms with E-state index in [9.17, 15) is 18.7 Å². The standard InChI is InChI=1S/C20H15ClF2N2O2/c21-16-9-13(10-24-19(16)12-4-3-5-14(22)8-12)20(27)25-11-18(26)15-6-1-2-7-17(15)23/h1-10,18,26H,11H2,(H,25,27). The molecule has 27 heavy (non-hydrogen) atoms. The molecule has 0 saturated carbocycles. The van der Waals surface area contributed by atoms with Gasteiger partial charge >= 0.3 is 0 Å². The SMILES string of the molecule is O=C(NCC(O)c1ccccc1F)c1cnc(-c2cccc(F)c2)c(Cl)c1. The van der Waals surface area contributed by atoms with Gasteiger partial charge in [-0.2, -0.15) is 0 Å². The molecule has 2 aromatic carbocycles. The van der Waals surface area contributed by atoms with E-state index < -0.39 is 23.6 Å². The zero-order chi connectivity index (χ0) is 19.4. The van der Waals surface area contributed by atoms with Crippen molar-refractivity contribution in [3.05, 3.63) is 88.6 Å². The maximum absolute atomic E-state index is 13.6. The van der Waals surface area contributed by atoms with Crippen LogP contribution in [0.1, 0.15) is 22.0 Å². The van der Waals surface area contributed by atoms with Gasteiger partial charge in [0.25, 0.3) is 5.91 Å². The Bertz CT molecular complexity index is 982. The molecule has 1 unspecified atom stereocenters. The molecule has 0 radical (unpaired) electrons. The number of pyridine rings is 1. The first-order valence-electron chi connectivity index (χ1n) is 8.08. The van der Waals surface area contributed by atoms with Crippen LogP contribution in [0.4, 0.5) is 8.78 Å². The molecule has 3 aromatic rings. The van der Waals surface area contributed by atoms with Crippen molar-refractivity contribution < 1.29 is 18.7 Å². The highest BCUT2D eigenvalue weighted by Gasteiger charge is 2.16. The molecule has 0 spiro atoms. The smallest absolute Gasteiger partial charge is 0.253 e. The first kappa shape index (κ1) is 18.9. The number of rotatable bonds is 5. The summed E-state index contributed by atoms with van der Waals surface area (Å²) in [5.41, 5.74) is 1.09. The van der Waals surface area contributed by atoms with E-state index in [2.05, 4.69) is 10.3 Å². The molecule has 2 N–H and O–H groups in total. The van der Waals surface area contributed by atoms with Gasteiger partial charge in [0.2, 0.25) is 0 Å². The molecule has 0 saturated heterocycles. The molecule has 0 aliphatic carbocycles. The summed E-state index contributed by atoms with van der Waals surface area (Å²) in [5.74, 6) is -1.50. The number of aliphatic hydroxyl groups is 1. The number of halogens is 3. The number of aromatic nitrogens is 1. The molecule has 4 nitrogen and oxygen atoms in total. The Kier molecular flexibility index (Phi) is 5.78. The zero-order valence-corrected chi connectivity index (χ0v) is 14.8. The van der Waals surface area contributed by atoms with Crippen LogP contribution in [-0.2, 0) is 0 Å². The molecule has 1 heterocycles. The molecule has 1 atom stereocenters. The van der Waals surface area contributed by atoms with E-state index in [1.54, 1.807) is 12.1 Å². The third kappa shape index (κ3) is 4.48.